The monoisotopic (exact) mass is 384 g/mol. The predicted octanol–water partition coefficient (Wildman–Crippen LogP) is 4.62. The van der Waals surface area contributed by atoms with Crippen molar-refractivity contribution in [3.63, 3.8) is 0 Å². The number of rotatable bonds is 1. The summed E-state index contributed by atoms with van der Waals surface area (Å²) in [6.07, 6.45) is 0. The Hall–Kier alpha value is -0.770. The van der Waals surface area contributed by atoms with Crippen LogP contribution in [0.15, 0.2) is 48.5 Å². The molecule has 0 amide bonds. The van der Waals surface area contributed by atoms with Gasteiger partial charge in [0.05, 0.1) is 0 Å². The summed E-state index contributed by atoms with van der Waals surface area (Å²) in [7, 11) is 2.23. The molecule has 2 heterocycles. The summed E-state index contributed by atoms with van der Waals surface area (Å²) in [4.78, 5) is 5.09. The molecule has 4 rings (SSSR count). The molecule has 0 unspecified atom stereocenters. The summed E-state index contributed by atoms with van der Waals surface area (Å²) in [5.74, 6) is 0.426. The van der Waals surface area contributed by atoms with Crippen molar-refractivity contribution in [2.24, 2.45) is 0 Å². The average Bonchev–Trinajstić information content (AvgIpc) is 2.54. The number of hydrogen-bond acceptors (Lipinski definition) is 2. The second-order valence-electron chi connectivity index (χ2n) is 6.51. The van der Waals surface area contributed by atoms with Gasteiger partial charge in [-0.3, -0.25) is 4.90 Å². The number of halogens is 3. The van der Waals surface area contributed by atoms with E-state index in [1.165, 1.54) is 16.7 Å². The molecule has 0 N–H and O–H groups in total. The molecule has 0 aliphatic carbocycles. The lowest BCUT2D eigenvalue weighted by Crippen LogP contribution is -2.50. The Morgan fingerprint density at radius 1 is 0.917 bits per heavy atom. The third kappa shape index (κ3) is 3.58. The van der Waals surface area contributed by atoms with E-state index in [9.17, 15) is 0 Å². The van der Waals surface area contributed by atoms with Gasteiger partial charge in [-0.25, -0.2) is 0 Å². The van der Waals surface area contributed by atoms with E-state index in [1.807, 2.05) is 6.07 Å². The topological polar surface area (TPSA) is 6.48 Å². The fourth-order valence-electron chi connectivity index (χ4n) is 3.94. The van der Waals surface area contributed by atoms with Crippen molar-refractivity contribution in [2.45, 2.75) is 12.0 Å². The number of fused-ring (bicyclic) bond motifs is 3. The van der Waals surface area contributed by atoms with E-state index in [1.54, 1.807) is 0 Å². The summed E-state index contributed by atoms with van der Waals surface area (Å²) in [5.41, 5.74) is 4.30. The molecule has 0 spiro atoms. The molecule has 1 saturated heterocycles. The predicted molar refractivity (Wildman–Crippen MR) is 106 cm³/mol. The van der Waals surface area contributed by atoms with Crippen molar-refractivity contribution >= 4 is 36.4 Å². The van der Waals surface area contributed by atoms with Crippen LogP contribution in [0, 0.1) is 0 Å². The van der Waals surface area contributed by atoms with Gasteiger partial charge < -0.3 is 4.90 Å². The van der Waals surface area contributed by atoms with Crippen LogP contribution in [0.1, 0.15) is 28.7 Å². The minimum Gasteiger partial charge on any atom is -0.303 e. The summed E-state index contributed by atoms with van der Waals surface area (Å²) >= 11 is 6.23. The van der Waals surface area contributed by atoms with Crippen LogP contribution in [-0.2, 0) is 0 Å². The highest BCUT2D eigenvalue weighted by Gasteiger charge is 2.36. The maximum atomic E-state index is 6.23. The molecular formula is C19H23Cl3N2. The van der Waals surface area contributed by atoms with E-state index in [0.29, 0.717) is 12.0 Å². The van der Waals surface area contributed by atoms with Crippen molar-refractivity contribution in [1.29, 1.82) is 0 Å². The second kappa shape index (κ2) is 8.07. The van der Waals surface area contributed by atoms with Crippen molar-refractivity contribution in [1.82, 2.24) is 9.80 Å². The molecule has 0 bridgehead atoms. The molecule has 2 atom stereocenters. The molecule has 2 aromatic carbocycles. The zero-order valence-electron chi connectivity index (χ0n) is 13.7. The van der Waals surface area contributed by atoms with Gasteiger partial charge in [0.25, 0.3) is 0 Å². The summed E-state index contributed by atoms with van der Waals surface area (Å²) in [6.45, 7) is 4.52. The van der Waals surface area contributed by atoms with Crippen molar-refractivity contribution in [3.8, 4) is 0 Å². The number of piperazine rings is 1. The Kier molecular flexibility index (Phi) is 6.58. The molecule has 2 aliphatic heterocycles. The van der Waals surface area contributed by atoms with Crippen LogP contribution in [0.4, 0.5) is 0 Å². The highest BCUT2D eigenvalue weighted by molar-refractivity contribution is 6.30. The van der Waals surface area contributed by atoms with Crippen LogP contribution < -0.4 is 0 Å². The van der Waals surface area contributed by atoms with E-state index < -0.39 is 0 Å². The van der Waals surface area contributed by atoms with Gasteiger partial charge in [0, 0.05) is 43.2 Å². The van der Waals surface area contributed by atoms with Gasteiger partial charge >= 0.3 is 0 Å². The van der Waals surface area contributed by atoms with Crippen molar-refractivity contribution in [2.75, 3.05) is 33.2 Å². The number of hydrogen-bond donors (Lipinski definition) is 0. The highest BCUT2D eigenvalue weighted by Crippen LogP contribution is 2.40. The van der Waals surface area contributed by atoms with Gasteiger partial charge in [-0.05, 0) is 35.9 Å². The molecule has 0 radical (unpaired) electrons. The third-order valence-electron chi connectivity index (χ3n) is 5.09. The first-order chi connectivity index (χ1) is 10.7. The van der Waals surface area contributed by atoms with Crippen LogP contribution in [0.5, 0.6) is 0 Å². The molecule has 2 nitrogen and oxygen atoms in total. The Labute approximate surface area is 161 Å². The van der Waals surface area contributed by atoms with Gasteiger partial charge in [0.1, 0.15) is 0 Å². The summed E-state index contributed by atoms with van der Waals surface area (Å²) < 4.78 is 0. The van der Waals surface area contributed by atoms with E-state index in [2.05, 4.69) is 59.3 Å². The first kappa shape index (κ1) is 19.6. The lowest BCUT2D eigenvalue weighted by atomic mass is 9.80. The fraction of sp³-hybridized carbons (Fsp3) is 0.368. The van der Waals surface area contributed by atoms with E-state index in [4.69, 9.17) is 11.6 Å². The normalized spacial score (nSPS) is 23.4. The molecule has 1 fully saturated rings. The van der Waals surface area contributed by atoms with Gasteiger partial charge in [-0.15, -0.1) is 24.8 Å². The molecule has 2 aliphatic rings. The molecular weight excluding hydrogens is 363 g/mol. The molecule has 0 saturated carbocycles. The highest BCUT2D eigenvalue weighted by atomic mass is 35.5. The van der Waals surface area contributed by atoms with Gasteiger partial charge in [0.15, 0.2) is 0 Å². The SMILES string of the molecule is CN1CCN2C[C@H](c3cccc(Cl)c3)c3ccccc3[C@@H]2C1.Cl.Cl. The quantitative estimate of drug-likeness (QED) is 0.707. The lowest BCUT2D eigenvalue weighted by Gasteiger charge is -2.46. The number of benzene rings is 2. The van der Waals surface area contributed by atoms with E-state index in [-0.39, 0.29) is 24.8 Å². The lowest BCUT2D eigenvalue weighted by molar-refractivity contribution is 0.0772. The van der Waals surface area contributed by atoms with Crippen LogP contribution in [0.25, 0.3) is 0 Å². The van der Waals surface area contributed by atoms with E-state index in [0.717, 1.165) is 31.2 Å². The Balaban J connectivity index is 0.00000104. The van der Waals surface area contributed by atoms with Gasteiger partial charge in [0.2, 0.25) is 0 Å². The number of likely N-dealkylation sites (N-methyl/N-ethyl adjacent to an activating group) is 1. The molecule has 24 heavy (non-hydrogen) atoms. The Morgan fingerprint density at radius 3 is 2.42 bits per heavy atom. The summed E-state index contributed by atoms with van der Waals surface area (Å²) in [5, 5.41) is 0.829. The van der Waals surface area contributed by atoms with Crippen molar-refractivity contribution < 1.29 is 0 Å². The van der Waals surface area contributed by atoms with Gasteiger partial charge in [-0.2, -0.15) is 0 Å². The largest absolute Gasteiger partial charge is 0.303 e. The zero-order chi connectivity index (χ0) is 15.1. The first-order valence-electron chi connectivity index (χ1n) is 7.99. The fourth-order valence-corrected chi connectivity index (χ4v) is 4.14. The second-order valence-corrected chi connectivity index (χ2v) is 6.95. The standard InChI is InChI=1S/C19H21ClN2.2ClH/c1-21-9-10-22-12-18(14-5-4-6-15(20)11-14)16-7-2-3-8-17(16)19(22)13-21;;/h2-8,11,18-19H,9-10,12-13H2,1H3;2*1H/t18-,19+;;/m1../s1. The van der Waals surface area contributed by atoms with Crippen LogP contribution in [0.3, 0.4) is 0 Å². The first-order valence-corrected chi connectivity index (χ1v) is 8.37. The van der Waals surface area contributed by atoms with Crippen molar-refractivity contribution in [3.05, 3.63) is 70.2 Å². The average molecular weight is 386 g/mol. The summed E-state index contributed by atoms with van der Waals surface area (Å²) in [6, 6.07) is 17.8. The Morgan fingerprint density at radius 2 is 1.67 bits per heavy atom. The zero-order valence-corrected chi connectivity index (χ0v) is 16.1. The number of nitrogens with zero attached hydrogens (tertiary/aromatic N) is 2. The molecule has 5 heteroatoms. The molecule has 2 aromatic rings. The minimum absolute atomic E-state index is 0. The van der Waals surface area contributed by atoms with Crippen LogP contribution in [0.2, 0.25) is 5.02 Å². The van der Waals surface area contributed by atoms with E-state index >= 15 is 0 Å². The Bertz CT molecular complexity index is 692. The third-order valence-corrected chi connectivity index (χ3v) is 5.33. The minimum atomic E-state index is 0. The van der Waals surface area contributed by atoms with Crippen LogP contribution >= 0.6 is 36.4 Å². The molecule has 130 valence electrons. The maximum absolute atomic E-state index is 6.23. The maximum Gasteiger partial charge on any atom is 0.0478 e. The van der Waals surface area contributed by atoms with Gasteiger partial charge in [-0.1, -0.05) is 48.0 Å². The smallest absolute Gasteiger partial charge is 0.0478 e. The molecule has 0 aromatic heterocycles. The van der Waals surface area contributed by atoms with Crippen LogP contribution in [-0.4, -0.2) is 43.0 Å².